The van der Waals surface area contributed by atoms with Crippen LogP contribution in [0.25, 0.3) is 0 Å². The molecule has 23 heavy (non-hydrogen) atoms. The summed E-state index contributed by atoms with van der Waals surface area (Å²) in [6.45, 7) is 3.43. The first kappa shape index (κ1) is 17.9. The molecule has 1 aromatic carbocycles. The molecule has 3 rings (SSSR count). The Hall–Kier alpha value is -1.42. The van der Waals surface area contributed by atoms with Crippen LogP contribution >= 0.6 is 0 Å². The smallest absolute Gasteiger partial charge is 0.225 e. The fourth-order valence-corrected chi connectivity index (χ4v) is 3.67. The standard InChI is InChI=1S/C18H26N2O2.ClH/c1-22-17-10-6-5-9-16(17)19-11-13-20(14-12-19)18(21)15-7-3-2-4-8-15;/h5-6,9-10,15H,2-4,7-8,11-14H2,1H3;1H/p-1. The van der Waals surface area contributed by atoms with Crippen LogP contribution < -0.4 is 22.0 Å². The SMILES string of the molecule is COc1ccccc1N1CCN(C(=O)C2CCCCC2)CC1.[Cl-]. The number of hydrogen-bond acceptors (Lipinski definition) is 3. The summed E-state index contributed by atoms with van der Waals surface area (Å²) in [6.07, 6.45) is 5.91. The van der Waals surface area contributed by atoms with E-state index < -0.39 is 0 Å². The lowest BCUT2D eigenvalue weighted by Gasteiger charge is -2.38. The highest BCUT2D eigenvalue weighted by Gasteiger charge is 2.28. The van der Waals surface area contributed by atoms with E-state index in [1.54, 1.807) is 7.11 Å². The molecule has 0 unspecified atom stereocenters. The Bertz CT molecular complexity index is 509. The summed E-state index contributed by atoms with van der Waals surface area (Å²) in [4.78, 5) is 17.0. The van der Waals surface area contributed by atoms with E-state index >= 15 is 0 Å². The molecule has 1 amide bonds. The van der Waals surface area contributed by atoms with Crippen molar-refractivity contribution in [3.8, 4) is 5.75 Å². The molecule has 2 fully saturated rings. The molecular formula is C18H26ClN2O2-. The monoisotopic (exact) mass is 337 g/mol. The highest BCUT2D eigenvalue weighted by molar-refractivity contribution is 5.79. The Balaban J connectivity index is 0.00000192. The molecule has 1 saturated carbocycles. The molecule has 1 aliphatic carbocycles. The first-order valence-electron chi connectivity index (χ1n) is 8.46. The van der Waals surface area contributed by atoms with Gasteiger partial charge in [0.25, 0.3) is 0 Å². The predicted octanol–water partition coefficient (Wildman–Crippen LogP) is -0.0719. The van der Waals surface area contributed by atoms with Crippen LogP contribution in [0.4, 0.5) is 5.69 Å². The van der Waals surface area contributed by atoms with Gasteiger partial charge in [-0.05, 0) is 25.0 Å². The van der Waals surface area contributed by atoms with E-state index in [1.807, 2.05) is 18.2 Å². The fraction of sp³-hybridized carbons (Fsp3) is 0.611. The Labute approximate surface area is 145 Å². The molecule has 5 heteroatoms. The van der Waals surface area contributed by atoms with Crippen LogP contribution in [0.2, 0.25) is 0 Å². The number of methoxy groups -OCH3 is 1. The molecule has 0 atom stereocenters. The number of ether oxygens (including phenoxy) is 1. The van der Waals surface area contributed by atoms with Gasteiger partial charge in [-0.25, -0.2) is 0 Å². The van der Waals surface area contributed by atoms with Gasteiger partial charge in [-0.1, -0.05) is 31.4 Å². The van der Waals surface area contributed by atoms with Crippen molar-refractivity contribution in [2.75, 3.05) is 38.2 Å². The molecule has 1 aliphatic heterocycles. The average molecular weight is 338 g/mol. The second kappa shape index (κ2) is 8.44. The first-order valence-corrected chi connectivity index (χ1v) is 8.46. The van der Waals surface area contributed by atoms with Gasteiger partial charge < -0.3 is 26.9 Å². The van der Waals surface area contributed by atoms with E-state index in [1.165, 1.54) is 19.3 Å². The number of hydrogen-bond donors (Lipinski definition) is 0. The first-order chi connectivity index (χ1) is 10.8. The van der Waals surface area contributed by atoms with Gasteiger partial charge in [-0.15, -0.1) is 0 Å². The van der Waals surface area contributed by atoms with Crippen LogP contribution in [0, 0.1) is 5.92 Å². The fourth-order valence-electron chi connectivity index (χ4n) is 3.67. The van der Waals surface area contributed by atoms with Crippen molar-refractivity contribution >= 4 is 11.6 Å². The summed E-state index contributed by atoms with van der Waals surface area (Å²) in [5.74, 6) is 1.58. The molecule has 4 nitrogen and oxygen atoms in total. The molecule has 1 heterocycles. The van der Waals surface area contributed by atoms with Crippen molar-refractivity contribution < 1.29 is 21.9 Å². The summed E-state index contributed by atoms with van der Waals surface area (Å²) in [5.41, 5.74) is 1.13. The van der Waals surface area contributed by atoms with Crippen molar-refractivity contribution in [2.24, 2.45) is 5.92 Å². The third-order valence-electron chi connectivity index (χ3n) is 4.97. The molecule has 128 valence electrons. The van der Waals surface area contributed by atoms with Crippen molar-refractivity contribution in [1.82, 2.24) is 4.90 Å². The zero-order chi connectivity index (χ0) is 15.4. The summed E-state index contributed by atoms with van der Waals surface area (Å²) in [7, 11) is 1.71. The van der Waals surface area contributed by atoms with E-state index in [-0.39, 0.29) is 18.3 Å². The quantitative estimate of drug-likeness (QED) is 0.774. The van der Waals surface area contributed by atoms with E-state index in [2.05, 4.69) is 15.9 Å². The second-order valence-electron chi connectivity index (χ2n) is 6.32. The van der Waals surface area contributed by atoms with Gasteiger partial charge in [0.05, 0.1) is 12.8 Å². The summed E-state index contributed by atoms with van der Waals surface area (Å²) in [6, 6.07) is 8.12. The van der Waals surface area contributed by atoms with Crippen molar-refractivity contribution in [3.63, 3.8) is 0 Å². The number of carbonyl (C=O) groups excluding carboxylic acids is 1. The summed E-state index contributed by atoms with van der Waals surface area (Å²) < 4.78 is 5.45. The molecule has 0 N–H and O–H groups in total. The normalized spacial score (nSPS) is 19.2. The molecule has 1 saturated heterocycles. The van der Waals surface area contributed by atoms with Gasteiger partial charge in [0, 0.05) is 32.1 Å². The predicted molar refractivity (Wildman–Crippen MR) is 88.4 cm³/mol. The van der Waals surface area contributed by atoms with Gasteiger partial charge in [0.15, 0.2) is 0 Å². The summed E-state index contributed by atoms with van der Waals surface area (Å²) >= 11 is 0. The van der Waals surface area contributed by atoms with E-state index in [4.69, 9.17) is 4.74 Å². The maximum Gasteiger partial charge on any atom is 0.225 e. The molecule has 1 aromatic rings. The van der Waals surface area contributed by atoms with Crippen LogP contribution in [-0.4, -0.2) is 44.1 Å². The van der Waals surface area contributed by atoms with Crippen LogP contribution in [0.1, 0.15) is 32.1 Å². The zero-order valence-electron chi connectivity index (χ0n) is 13.8. The lowest BCUT2D eigenvalue weighted by atomic mass is 9.88. The minimum Gasteiger partial charge on any atom is -1.00 e. The number of benzene rings is 1. The number of anilines is 1. The molecule has 0 radical (unpaired) electrons. The maximum absolute atomic E-state index is 12.6. The number of carbonyl (C=O) groups is 1. The number of piperazine rings is 1. The van der Waals surface area contributed by atoms with Gasteiger partial charge in [-0.2, -0.15) is 0 Å². The number of amides is 1. The molecule has 0 bridgehead atoms. The Morgan fingerprint density at radius 1 is 1.04 bits per heavy atom. The van der Waals surface area contributed by atoms with Gasteiger partial charge >= 0.3 is 0 Å². The van der Waals surface area contributed by atoms with Gasteiger partial charge in [-0.3, -0.25) is 4.79 Å². The van der Waals surface area contributed by atoms with Crippen LogP contribution in [-0.2, 0) is 4.79 Å². The third kappa shape index (κ3) is 4.11. The minimum atomic E-state index is 0. The number of rotatable bonds is 3. The topological polar surface area (TPSA) is 32.8 Å². The van der Waals surface area contributed by atoms with Gasteiger partial charge in [0.1, 0.15) is 5.75 Å². The number of nitrogens with zero attached hydrogens (tertiary/aromatic N) is 2. The zero-order valence-corrected chi connectivity index (χ0v) is 14.6. The highest BCUT2D eigenvalue weighted by atomic mass is 35.5. The van der Waals surface area contributed by atoms with E-state index in [0.717, 1.165) is 50.5 Å². The van der Waals surface area contributed by atoms with E-state index in [0.29, 0.717) is 5.91 Å². The second-order valence-corrected chi connectivity index (χ2v) is 6.32. The van der Waals surface area contributed by atoms with Crippen LogP contribution in [0.15, 0.2) is 24.3 Å². The molecule has 2 aliphatic rings. The maximum atomic E-state index is 12.6. The number of halogens is 1. The highest BCUT2D eigenvalue weighted by Crippen LogP contribution is 2.29. The Morgan fingerprint density at radius 3 is 2.35 bits per heavy atom. The third-order valence-corrected chi connectivity index (χ3v) is 4.97. The lowest BCUT2D eigenvalue weighted by Crippen LogP contribution is -3.00. The lowest BCUT2D eigenvalue weighted by molar-refractivity contribution is -0.136. The number of para-hydroxylation sites is 2. The van der Waals surface area contributed by atoms with Crippen molar-refractivity contribution in [2.45, 2.75) is 32.1 Å². The summed E-state index contributed by atoms with van der Waals surface area (Å²) in [5, 5.41) is 0. The molecular weight excluding hydrogens is 312 g/mol. The Kier molecular flexibility index (Phi) is 6.58. The van der Waals surface area contributed by atoms with Crippen molar-refractivity contribution in [1.29, 1.82) is 0 Å². The van der Waals surface area contributed by atoms with Crippen LogP contribution in [0.3, 0.4) is 0 Å². The Morgan fingerprint density at radius 2 is 1.70 bits per heavy atom. The van der Waals surface area contributed by atoms with E-state index in [9.17, 15) is 4.79 Å². The average Bonchev–Trinajstić information content (AvgIpc) is 2.62. The van der Waals surface area contributed by atoms with Crippen LogP contribution in [0.5, 0.6) is 5.75 Å². The van der Waals surface area contributed by atoms with Crippen molar-refractivity contribution in [3.05, 3.63) is 24.3 Å². The largest absolute Gasteiger partial charge is 1.00 e. The van der Waals surface area contributed by atoms with Gasteiger partial charge in [0.2, 0.25) is 5.91 Å². The molecule has 0 spiro atoms. The molecule has 0 aromatic heterocycles. The minimum absolute atomic E-state index is 0.